The summed E-state index contributed by atoms with van der Waals surface area (Å²) >= 11 is 5.68. The molecule has 1 aliphatic heterocycles. The highest BCUT2D eigenvalue weighted by Crippen LogP contribution is 2.21. The Hall–Kier alpha value is -0.620. The summed E-state index contributed by atoms with van der Waals surface area (Å²) in [7, 11) is -3.51. The first-order valence-corrected chi connectivity index (χ1v) is 7.83. The van der Waals surface area contributed by atoms with Crippen molar-refractivity contribution in [2.24, 2.45) is 0 Å². The molecule has 4 nitrogen and oxygen atoms in total. The van der Waals surface area contributed by atoms with Crippen LogP contribution in [0.4, 0.5) is 0 Å². The van der Waals surface area contributed by atoms with Crippen LogP contribution < -0.4 is 4.72 Å². The molecule has 0 aliphatic carbocycles. The van der Waals surface area contributed by atoms with Crippen molar-refractivity contribution in [3.8, 4) is 0 Å². The number of nitrogens with one attached hydrogen (secondary N) is 1. The predicted octanol–water partition coefficient (Wildman–Crippen LogP) is 2.02. The van der Waals surface area contributed by atoms with Gasteiger partial charge in [0.1, 0.15) is 6.23 Å². The van der Waals surface area contributed by atoms with Crippen LogP contribution in [0.25, 0.3) is 0 Å². The Morgan fingerprint density at radius 3 is 2.56 bits per heavy atom. The highest BCUT2D eigenvalue weighted by atomic mass is 35.5. The molecule has 100 valence electrons. The van der Waals surface area contributed by atoms with Gasteiger partial charge >= 0.3 is 0 Å². The number of aryl methyl sites for hydroxylation is 1. The number of sulfonamides is 1. The van der Waals surface area contributed by atoms with Crippen molar-refractivity contribution in [3.63, 3.8) is 0 Å². The molecule has 0 saturated carbocycles. The lowest BCUT2D eigenvalue weighted by molar-refractivity contribution is 0.0515. The molecule has 1 N–H and O–H groups in total. The van der Waals surface area contributed by atoms with Crippen molar-refractivity contribution in [2.45, 2.75) is 37.0 Å². The molecule has 0 spiro atoms. The van der Waals surface area contributed by atoms with Crippen LogP contribution in [0.1, 0.15) is 18.4 Å². The van der Waals surface area contributed by atoms with E-state index in [0.29, 0.717) is 12.3 Å². The number of hydrogen-bond donors (Lipinski definition) is 1. The van der Waals surface area contributed by atoms with Gasteiger partial charge in [0.25, 0.3) is 0 Å². The Morgan fingerprint density at radius 1 is 1.33 bits per heavy atom. The van der Waals surface area contributed by atoms with Crippen LogP contribution in [-0.2, 0) is 14.8 Å². The van der Waals surface area contributed by atoms with Crippen molar-refractivity contribution < 1.29 is 13.2 Å². The average molecular weight is 290 g/mol. The topological polar surface area (TPSA) is 55.4 Å². The summed E-state index contributed by atoms with van der Waals surface area (Å²) in [5.41, 5.74) is 1.02. The van der Waals surface area contributed by atoms with Gasteiger partial charge < -0.3 is 4.74 Å². The fourth-order valence-electron chi connectivity index (χ4n) is 1.86. The van der Waals surface area contributed by atoms with Gasteiger partial charge in [0.15, 0.2) is 0 Å². The lowest BCUT2D eigenvalue weighted by Crippen LogP contribution is -2.35. The van der Waals surface area contributed by atoms with Gasteiger partial charge in [-0.1, -0.05) is 17.7 Å². The summed E-state index contributed by atoms with van der Waals surface area (Å²) in [6.45, 7) is 1.91. The zero-order valence-corrected chi connectivity index (χ0v) is 11.7. The SMILES string of the molecule is Cc1ccc(S(=O)(=O)NC2CCC(CCl)O2)cc1. The van der Waals surface area contributed by atoms with Crippen molar-refractivity contribution in [1.82, 2.24) is 4.72 Å². The second-order valence-electron chi connectivity index (χ2n) is 4.41. The Kier molecular flexibility index (Phi) is 4.27. The van der Waals surface area contributed by atoms with Gasteiger partial charge in [-0.05, 0) is 31.9 Å². The molecular formula is C12H16ClNO3S. The van der Waals surface area contributed by atoms with Crippen LogP contribution in [-0.4, -0.2) is 26.6 Å². The van der Waals surface area contributed by atoms with Gasteiger partial charge in [0.2, 0.25) is 10.0 Å². The third-order valence-corrected chi connectivity index (χ3v) is 4.71. The first kappa shape index (κ1) is 13.8. The Labute approximate surface area is 112 Å². The number of ether oxygens (including phenoxy) is 1. The number of alkyl halides is 1. The third-order valence-electron chi connectivity index (χ3n) is 2.90. The lowest BCUT2D eigenvalue weighted by atomic mass is 10.2. The molecule has 6 heteroatoms. The minimum Gasteiger partial charge on any atom is -0.358 e. The Balaban J connectivity index is 2.06. The van der Waals surface area contributed by atoms with Crippen molar-refractivity contribution in [2.75, 3.05) is 5.88 Å². The largest absolute Gasteiger partial charge is 0.358 e. The van der Waals surface area contributed by atoms with Crippen LogP contribution >= 0.6 is 11.6 Å². The monoisotopic (exact) mass is 289 g/mol. The maximum atomic E-state index is 12.1. The fourth-order valence-corrected chi connectivity index (χ4v) is 3.24. The van der Waals surface area contributed by atoms with Gasteiger partial charge in [-0.3, -0.25) is 0 Å². The van der Waals surface area contributed by atoms with Crippen molar-refractivity contribution in [3.05, 3.63) is 29.8 Å². The lowest BCUT2D eigenvalue weighted by Gasteiger charge is -2.14. The zero-order valence-electron chi connectivity index (χ0n) is 10.1. The van der Waals surface area contributed by atoms with Crippen molar-refractivity contribution >= 4 is 21.6 Å². The standard InChI is InChI=1S/C12H16ClNO3S/c1-9-2-5-11(6-3-9)18(15,16)14-12-7-4-10(8-13)17-12/h2-3,5-6,10,12,14H,4,7-8H2,1H3. The summed E-state index contributed by atoms with van der Waals surface area (Å²) in [4.78, 5) is 0.256. The maximum Gasteiger partial charge on any atom is 0.242 e. The molecule has 1 fully saturated rings. The number of benzene rings is 1. The summed E-state index contributed by atoms with van der Waals surface area (Å²) in [6.07, 6.45) is 0.907. The molecule has 1 saturated heterocycles. The van der Waals surface area contributed by atoms with E-state index in [0.717, 1.165) is 12.0 Å². The molecule has 0 amide bonds. The molecule has 0 bridgehead atoms. The molecule has 18 heavy (non-hydrogen) atoms. The second kappa shape index (κ2) is 5.57. The molecule has 1 heterocycles. The predicted molar refractivity (Wildman–Crippen MR) is 70.1 cm³/mol. The number of rotatable bonds is 4. The normalized spacial score (nSPS) is 24.3. The van der Waals surface area contributed by atoms with Gasteiger partial charge in [0, 0.05) is 5.88 Å². The molecule has 1 aromatic carbocycles. The first-order valence-electron chi connectivity index (χ1n) is 5.82. The summed E-state index contributed by atoms with van der Waals surface area (Å²) in [6, 6.07) is 6.72. The van der Waals surface area contributed by atoms with E-state index in [2.05, 4.69) is 4.72 Å². The molecule has 1 aliphatic rings. The number of hydrogen-bond acceptors (Lipinski definition) is 3. The smallest absolute Gasteiger partial charge is 0.242 e. The average Bonchev–Trinajstić information content (AvgIpc) is 2.76. The van der Waals surface area contributed by atoms with Crippen LogP contribution in [0, 0.1) is 6.92 Å². The number of halogens is 1. The van der Waals surface area contributed by atoms with Gasteiger partial charge in [0.05, 0.1) is 11.0 Å². The first-order chi connectivity index (χ1) is 8.51. The molecule has 2 rings (SSSR count). The summed E-state index contributed by atoms with van der Waals surface area (Å²) in [5.74, 6) is 0.392. The van der Waals surface area contributed by atoms with Crippen LogP contribution in [0.2, 0.25) is 0 Å². The van der Waals surface area contributed by atoms with E-state index in [9.17, 15) is 8.42 Å². The molecule has 1 aromatic rings. The zero-order chi connectivity index (χ0) is 13.2. The molecule has 2 atom stereocenters. The second-order valence-corrected chi connectivity index (χ2v) is 6.44. The molecular weight excluding hydrogens is 274 g/mol. The van der Waals surface area contributed by atoms with E-state index in [1.807, 2.05) is 6.92 Å². The van der Waals surface area contributed by atoms with Crippen molar-refractivity contribution in [1.29, 1.82) is 0 Å². The van der Waals surface area contributed by atoms with Gasteiger partial charge in [-0.25, -0.2) is 8.42 Å². The fraction of sp³-hybridized carbons (Fsp3) is 0.500. The summed E-state index contributed by atoms with van der Waals surface area (Å²) < 4.78 is 32.2. The van der Waals surface area contributed by atoms with Crippen LogP contribution in [0.5, 0.6) is 0 Å². The van der Waals surface area contributed by atoms with E-state index in [4.69, 9.17) is 16.3 Å². The van der Waals surface area contributed by atoms with Crippen LogP contribution in [0.15, 0.2) is 29.2 Å². The summed E-state index contributed by atoms with van der Waals surface area (Å²) in [5, 5.41) is 0. The van der Waals surface area contributed by atoms with E-state index < -0.39 is 16.3 Å². The maximum absolute atomic E-state index is 12.1. The van der Waals surface area contributed by atoms with Gasteiger partial charge in [-0.2, -0.15) is 4.72 Å². The third kappa shape index (κ3) is 3.23. The Morgan fingerprint density at radius 2 is 2.00 bits per heavy atom. The van der Waals surface area contributed by atoms with E-state index in [1.165, 1.54) is 0 Å². The molecule has 2 unspecified atom stereocenters. The Bertz CT molecular complexity index is 501. The highest BCUT2D eigenvalue weighted by molar-refractivity contribution is 7.89. The van der Waals surface area contributed by atoms with E-state index in [1.54, 1.807) is 24.3 Å². The molecule has 0 aromatic heterocycles. The van der Waals surface area contributed by atoms with E-state index in [-0.39, 0.29) is 11.0 Å². The highest BCUT2D eigenvalue weighted by Gasteiger charge is 2.28. The van der Waals surface area contributed by atoms with Crippen LogP contribution in [0.3, 0.4) is 0 Å². The van der Waals surface area contributed by atoms with Gasteiger partial charge in [-0.15, -0.1) is 11.6 Å². The minimum atomic E-state index is -3.51. The quantitative estimate of drug-likeness (QED) is 0.863. The van der Waals surface area contributed by atoms with E-state index >= 15 is 0 Å². The minimum absolute atomic E-state index is 0.0580. The molecule has 0 radical (unpaired) electrons.